The van der Waals surface area contributed by atoms with Crippen molar-refractivity contribution in [2.75, 3.05) is 12.1 Å². The quantitative estimate of drug-likeness (QED) is 0.814. The van der Waals surface area contributed by atoms with Crippen LogP contribution in [0.5, 0.6) is 0 Å². The number of hydrazine groups is 1. The van der Waals surface area contributed by atoms with Crippen molar-refractivity contribution in [3.63, 3.8) is 0 Å². The molecule has 0 radical (unpaired) electrons. The van der Waals surface area contributed by atoms with E-state index in [9.17, 15) is 4.79 Å². The Kier molecular flexibility index (Phi) is 3.35. The fourth-order valence-electron chi connectivity index (χ4n) is 1.42. The molecule has 4 nitrogen and oxygen atoms in total. The Hall–Kier alpha value is -2.36. The van der Waals surface area contributed by atoms with Crippen LogP contribution in [0.15, 0.2) is 54.7 Å². The van der Waals surface area contributed by atoms with Gasteiger partial charge in [-0.05, 0) is 24.3 Å². The molecule has 0 bridgehead atoms. The fourth-order valence-corrected chi connectivity index (χ4v) is 1.42. The van der Waals surface area contributed by atoms with E-state index in [0.29, 0.717) is 11.4 Å². The maximum atomic E-state index is 11.8. The lowest BCUT2D eigenvalue weighted by Gasteiger charge is -2.18. The summed E-state index contributed by atoms with van der Waals surface area (Å²) >= 11 is 0. The Morgan fingerprint density at radius 3 is 2.47 bits per heavy atom. The van der Waals surface area contributed by atoms with E-state index in [2.05, 4.69) is 10.4 Å². The number of benzene rings is 1. The Morgan fingerprint density at radius 2 is 1.82 bits per heavy atom. The van der Waals surface area contributed by atoms with Crippen LogP contribution in [0, 0.1) is 0 Å². The molecule has 0 aliphatic rings. The molecule has 0 saturated heterocycles. The molecule has 0 spiro atoms. The SMILES string of the molecule is CN(NC(=O)c1ccccc1)c1ccccn1. The number of nitrogens with one attached hydrogen (secondary N) is 1. The molecule has 17 heavy (non-hydrogen) atoms. The van der Waals surface area contributed by atoms with E-state index in [1.54, 1.807) is 30.4 Å². The van der Waals surface area contributed by atoms with Gasteiger partial charge in [-0.1, -0.05) is 24.3 Å². The first kappa shape index (κ1) is 11.1. The predicted molar refractivity (Wildman–Crippen MR) is 66.5 cm³/mol. The van der Waals surface area contributed by atoms with Gasteiger partial charge in [0.1, 0.15) is 5.82 Å². The molecule has 0 unspecified atom stereocenters. The third-order valence-electron chi connectivity index (χ3n) is 2.30. The molecule has 0 saturated carbocycles. The largest absolute Gasteiger partial charge is 0.271 e. The average Bonchev–Trinajstić information content (AvgIpc) is 2.40. The topological polar surface area (TPSA) is 45.2 Å². The molecule has 0 fully saturated rings. The summed E-state index contributed by atoms with van der Waals surface area (Å²) in [6.07, 6.45) is 1.68. The number of carbonyl (C=O) groups is 1. The molecule has 86 valence electrons. The van der Waals surface area contributed by atoms with Crippen molar-refractivity contribution >= 4 is 11.7 Å². The highest BCUT2D eigenvalue weighted by atomic mass is 16.2. The molecule has 2 aromatic rings. The lowest BCUT2D eigenvalue weighted by molar-refractivity contribution is 0.0951. The van der Waals surface area contributed by atoms with Gasteiger partial charge < -0.3 is 0 Å². The number of nitrogens with zero attached hydrogens (tertiary/aromatic N) is 2. The Labute approximate surface area is 99.9 Å². The zero-order valence-corrected chi connectivity index (χ0v) is 9.50. The zero-order valence-electron chi connectivity index (χ0n) is 9.50. The monoisotopic (exact) mass is 227 g/mol. The van der Waals surface area contributed by atoms with Crippen LogP contribution < -0.4 is 10.4 Å². The van der Waals surface area contributed by atoms with Gasteiger partial charge >= 0.3 is 0 Å². The lowest BCUT2D eigenvalue weighted by atomic mass is 10.2. The molecular weight excluding hydrogens is 214 g/mol. The van der Waals surface area contributed by atoms with Crippen molar-refractivity contribution in [2.45, 2.75) is 0 Å². The summed E-state index contributed by atoms with van der Waals surface area (Å²) in [7, 11) is 1.75. The van der Waals surface area contributed by atoms with Crippen molar-refractivity contribution < 1.29 is 4.79 Å². The van der Waals surface area contributed by atoms with Gasteiger partial charge in [0, 0.05) is 18.8 Å². The van der Waals surface area contributed by atoms with Gasteiger partial charge in [0.2, 0.25) is 0 Å². The van der Waals surface area contributed by atoms with Gasteiger partial charge in [0.25, 0.3) is 5.91 Å². The third-order valence-corrected chi connectivity index (χ3v) is 2.30. The zero-order chi connectivity index (χ0) is 12.1. The van der Waals surface area contributed by atoms with Gasteiger partial charge in [0.05, 0.1) is 0 Å². The van der Waals surface area contributed by atoms with Crippen LogP contribution in [0.2, 0.25) is 0 Å². The second kappa shape index (κ2) is 5.12. The molecule has 4 heteroatoms. The number of rotatable bonds is 3. The van der Waals surface area contributed by atoms with E-state index in [4.69, 9.17) is 0 Å². The molecule has 1 aromatic heterocycles. The first-order valence-corrected chi connectivity index (χ1v) is 5.28. The first-order chi connectivity index (χ1) is 8.27. The summed E-state index contributed by atoms with van der Waals surface area (Å²) in [6.45, 7) is 0. The second-order valence-electron chi connectivity index (χ2n) is 3.55. The minimum absolute atomic E-state index is 0.154. The molecule has 1 aromatic carbocycles. The number of hydrogen-bond donors (Lipinski definition) is 1. The second-order valence-corrected chi connectivity index (χ2v) is 3.55. The average molecular weight is 227 g/mol. The molecule has 0 aliphatic heterocycles. The first-order valence-electron chi connectivity index (χ1n) is 5.28. The van der Waals surface area contributed by atoms with Crippen molar-refractivity contribution in [3.8, 4) is 0 Å². The van der Waals surface area contributed by atoms with Crippen molar-refractivity contribution in [1.29, 1.82) is 0 Å². The van der Waals surface area contributed by atoms with Crippen LogP contribution in [-0.2, 0) is 0 Å². The van der Waals surface area contributed by atoms with Gasteiger partial charge in [-0.25, -0.2) is 4.98 Å². The summed E-state index contributed by atoms with van der Waals surface area (Å²) in [6, 6.07) is 14.6. The van der Waals surface area contributed by atoms with Crippen molar-refractivity contribution in [1.82, 2.24) is 10.4 Å². The van der Waals surface area contributed by atoms with Crippen LogP contribution in [0.25, 0.3) is 0 Å². The summed E-state index contributed by atoms with van der Waals surface area (Å²) in [5.41, 5.74) is 3.36. The highest BCUT2D eigenvalue weighted by molar-refractivity contribution is 5.94. The molecule has 0 aliphatic carbocycles. The smallest absolute Gasteiger partial charge is 0.269 e. The number of amides is 1. The maximum absolute atomic E-state index is 11.8. The fraction of sp³-hybridized carbons (Fsp3) is 0.0769. The Morgan fingerprint density at radius 1 is 1.12 bits per heavy atom. The van der Waals surface area contributed by atoms with Crippen LogP contribution >= 0.6 is 0 Å². The van der Waals surface area contributed by atoms with Crippen LogP contribution in [0.3, 0.4) is 0 Å². The highest BCUT2D eigenvalue weighted by Gasteiger charge is 2.08. The van der Waals surface area contributed by atoms with E-state index in [1.165, 1.54) is 0 Å². The summed E-state index contributed by atoms with van der Waals surface area (Å²) in [5.74, 6) is 0.538. The number of aromatic nitrogens is 1. The minimum Gasteiger partial charge on any atom is -0.271 e. The predicted octanol–water partition coefficient (Wildman–Crippen LogP) is 1.86. The van der Waals surface area contributed by atoms with E-state index in [-0.39, 0.29) is 5.91 Å². The summed E-state index contributed by atoms with van der Waals surface area (Å²) in [5, 5.41) is 1.59. The lowest BCUT2D eigenvalue weighted by Crippen LogP contribution is -2.39. The Bertz CT molecular complexity index is 485. The number of hydrogen-bond acceptors (Lipinski definition) is 3. The van der Waals surface area contributed by atoms with Gasteiger partial charge in [0.15, 0.2) is 0 Å². The van der Waals surface area contributed by atoms with Crippen LogP contribution in [-0.4, -0.2) is 17.9 Å². The molecule has 0 atom stereocenters. The number of carbonyl (C=O) groups excluding carboxylic acids is 1. The molecule has 1 heterocycles. The summed E-state index contributed by atoms with van der Waals surface area (Å²) < 4.78 is 0. The number of anilines is 1. The van der Waals surface area contributed by atoms with Gasteiger partial charge in [-0.15, -0.1) is 0 Å². The molecule has 1 N–H and O–H groups in total. The van der Waals surface area contributed by atoms with Gasteiger partial charge in [-0.3, -0.25) is 15.2 Å². The number of pyridine rings is 1. The van der Waals surface area contributed by atoms with Crippen LogP contribution in [0.4, 0.5) is 5.82 Å². The van der Waals surface area contributed by atoms with Crippen molar-refractivity contribution in [2.24, 2.45) is 0 Å². The third kappa shape index (κ3) is 2.81. The van der Waals surface area contributed by atoms with E-state index in [1.807, 2.05) is 36.4 Å². The normalized spacial score (nSPS) is 9.71. The highest BCUT2D eigenvalue weighted by Crippen LogP contribution is 2.05. The molecule has 2 rings (SSSR count). The maximum Gasteiger partial charge on any atom is 0.269 e. The van der Waals surface area contributed by atoms with E-state index in [0.717, 1.165) is 0 Å². The minimum atomic E-state index is -0.154. The summed E-state index contributed by atoms with van der Waals surface area (Å²) in [4.78, 5) is 16.0. The van der Waals surface area contributed by atoms with Crippen molar-refractivity contribution in [3.05, 3.63) is 60.3 Å². The molecule has 1 amide bonds. The van der Waals surface area contributed by atoms with E-state index < -0.39 is 0 Å². The molecular formula is C13H13N3O. The standard InChI is InChI=1S/C13H13N3O/c1-16(12-9-5-6-10-14-12)15-13(17)11-7-3-2-4-8-11/h2-10H,1H3,(H,15,17). The van der Waals surface area contributed by atoms with E-state index >= 15 is 0 Å². The van der Waals surface area contributed by atoms with Gasteiger partial charge in [-0.2, -0.15) is 0 Å². The van der Waals surface area contributed by atoms with Crippen LogP contribution in [0.1, 0.15) is 10.4 Å². The Balaban J connectivity index is 2.05.